The van der Waals surface area contributed by atoms with Crippen molar-refractivity contribution in [1.29, 1.82) is 0 Å². The highest BCUT2D eigenvalue weighted by molar-refractivity contribution is 6.21. The Morgan fingerprint density at radius 1 is 1.33 bits per heavy atom. The summed E-state index contributed by atoms with van der Waals surface area (Å²) in [6, 6.07) is 10.6. The molecule has 1 aliphatic rings. The Hall–Kier alpha value is -0.530. The van der Waals surface area contributed by atoms with Crippen molar-refractivity contribution in [3.8, 4) is 0 Å². The molecule has 1 nitrogen and oxygen atoms in total. The Labute approximate surface area is 97.0 Å². The van der Waals surface area contributed by atoms with E-state index in [0.29, 0.717) is 11.3 Å². The van der Waals surface area contributed by atoms with Gasteiger partial charge in [0.15, 0.2) is 0 Å². The molecular formula is C13H18ClN. The van der Waals surface area contributed by atoms with Gasteiger partial charge < -0.3 is 0 Å². The number of nitrogens with zero attached hydrogens (tertiary/aromatic N) is 1. The summed E-state index contributed by atoms with van der Waals surface area (Å²) in [5.41, 5.74) is 1.39. The van der Waals surface area contributed by atoms with Crippen molar-refractivity contribution >= 4 is 11.6 Å². The number of hydrogen-bond donors (Lipinski definition) is 0. The molecule has 0 radical (unpaired) electrons. The molecule has 0 aliphatic carbocycles. The van der Waals surface area contributed by atoms with Crippen LogP contribution in [-0.4, -0.2) is 23.4 Å². The quantitative estimate of drug-likeness (QED) is 0.697. The standard InChI is InChI=1S/C13H18ClN/c1-11-7-8-15(10-13(11)14)9-12-5-3-2-4-6-12/h2-6,11,13H,7-10H2,1H3/t11?,13-/m0/s1. The SMILES string of the molecule is CC1CCN(Cc2ccccc2)C[C@@H]1Cl. The van der Waals surface area contributed by atoms with E-state index in [0.717, 1.165) is 13.1 Å². The summed E-state index contributed by atoms with van der Waals surface area (Å²) in [7, 11) is 0. The smallest absolute Gasteiger partial charge is 0.0489 e. The fraction of sp³-hybridized carbons (Fsp3) is 0.538. The zero-order chi connectivity index (χ0) is 10.7. The lowest BCUT2D eigenvalue weighted by atomic mass is 9.98. The number of likely N-dealkylation sites (tertiary alicyclic amines) is 1. The van der Waals surface area contributed by atoms with Gasteiger partial charge >= 0.3 is 0 Å². The predicted molar refractivity (Wildman–Crippen MR) is 65.1 cm³/mol. The van der Waals surface area contributed by atoms with Crippen LogP contribution in [0.5, 0.6) is 0 Å². The highest BCUT2D eigenvalue weighted by Crippen LogP contribution is 2.22. The number of halogens is 1. The van der Waals surface area contributed by atoms with E-state index in [1.54, 1.807) is 0 Å². The van der Waals surface area contributed by atoms with Gasteiger partial charge in [0.2, 0.25) is 0 Å². The maximum Gasteiger partial charge on any atom is 0.0489 e. The summed E-state index contributed by atoms with van der Waals surface area (Å²) < 4.78 is 0. The second kappa shape index (κ2) is 5.00. The number of hydrogen-bond acceptors (Lipinski definition) is 1. The number of alkyl halides is 1. The van der Waals surface area contributed by atoms with Gasteiger partial charge in [0.05, 0.1) is 0 Å². The Bertz CT molecular complexity index is 299. The Balaban J connectivity index is 1.91. The van der Waals surface area contributed by atoms with Crippen LogP contribution in [0.25, 0.3) is 0 Å². The number of rotatable bonds is 2. The second-order valence-corrected chi connectivity index (χ2v) is 5.06. The largest absolute Gasteiger partial charge is 0.298 e. The molecule has 1 unspecified atom stereocenters. The Kier molecular flexibility index (Phi) is 3.66. The first kappa shape index (κ1) is 11.0. The van der Waals surface area contributed by atoms with Crippen LogP contribution in [0.1, 0.15) is 18.9 Å². The summed E-state index contributed by atoms with van der Waals surface area (Å²) in [5, 5.41) is 0.322. The van der Waals surface area contributed by atoms with E-state index in [4.69, 9.17) is 11.6 Å². The van der Waals surface area contributed by atoms with Crippen molar-refractivity contribution in [1.82, 2.24) is 4.90 Å². The van der Waals surface area contributed by atoms with Crippen LogP contribution in [0.2, 0.25) is 0 Å². The second-order valence-electron chi connectivity index (χ2n) is 4.50. The van der Waals surface area contributed by atoms with Crippen LogP contribution < -0.4 is 0 Å². The van der Waals surface area contributed by atoms with Crippen LogP contribution in [-0.2, 0) is 6.54 Å². The van der Waals surface area contributed by atoms with Gasteiger partial charge in [0, 0.05) is 18.5 Å². The van der Waals surface area contributed by atoms with E-state index in [1.165, 1.54) is 18.5 Å². The fourth-order valence-electron chi connectivity index (χ4n) is 2.07. The van der Waals surface area contributed by atoms with E-state index in [9.17, 15) is 0 Å². The number of piperidine rings is 1. The number of benzene rings is 1. The summed E-state index contributed by atoms with van der Waals surface area (Å²) >= 11 is 6.29. The molecule has 2 atom stereocenters. The van der Waals surface area contributed by atoms with Crippen LogP contribution in [0.15, 0.2) is 30.3 Å². The van der Waals surface area contributed by atoms with Gasteiger partial charge in [0.25, 0.3) is 0 Å². The molecule has 1 heterocycles. The van der Waals surface area contributed by atoms with E-state index < -0.39 is 0 Å². The minimum absolute atomic E-state index is 0.322. The van der Waals surface area contributed by atoms with Crippen molar-refractivity contribution in [2.45, 2.75) is 25.3 Å². The lowest BCUT2D eigenvalue weighted by molar-refractivity contribution is 0.189. The van der Waals surface area contributed by atoms with Gasteiger partial charge in [-0.3, -0.25) is 4.90 Å². The molecule has 82 valence electrons. The van der Waals surface area contributed by atoms with Crippen molar-refractivity contribution < 1.29 is 0 Å². The first-order chi connectivity index (χ1) is 7.25. The molecule has 2 heteroatoms. The molecule has 0 N–H and O–H groups in total. The molecule has 1 saturated heterocycles. The van der Waals surface area contributed by atoms with Gasteiger partial charge in [-0.25, -0.2) is 0 Å². The van der Waals surface area contributed by atoms with Crippen LogP contribution in [0, 0.1) is 5.92 Å². The van der Waals surface area contributed by atoms with Crippen LogP contribution >= 0.6 is 11.6 Å². The van der Waals surface area contributed by atoms with Gasteiger partial charge in [-0.05, 0) is 24.4 Å². The summed E-state index contributed by atoms with van der Waals surface area (Å²) in [6.07, 6.45) is 1.22. The summed E-state index contributed by atoms with van der Waals surface area (Å²) in [4.78, 5) is 2.45. The average Bonchev–Trinajstić information content (AvgIpc) is 2.25. The highest BCUT2D eigenvalue weighted by atomic mass is 35.5. The van der Waals surface area contributed by atoms with E-state index in [1.807, 2.05) is 0 Å². The molecule has 0 spiro atoms. The summed E-state index contributed by atoms with van der Waals surface area (Å²) in [5.74, 6) is 0.665. The molecular weight excluding hydrogens is 206 g/mol. The van der Waals surface area contributed by atoms with Gasteiger partial charge in [0.1, 0.15) is 0 Å². The molecule has 0 bridgehead atoms. The predicted octanol–water partition coefficient (Wildman–Crippen LogP) is 3.14. The van der Waals surface area contributed by atoms with Gasteiger partial charge in [-0.1, -0.05) is 37.3 Å². The summed E-state index contributed by atoms with van der Waals surface area (Å²) in [6.45, 7) is 5.49. The molecule has 2 rings (SSSR count). The van der Waals surface area contributed by atoms with Crippen LogP contribution in [0.3, 0.4) is 0 Å². The van der Waals surface area contributed by atoms with Crippen molar-refractivity contribution in [3.63, 3.8) is 0 Å². The van der Waals surface area contributed by atoms with Crippen molar-refractivity contribution in [2.75, 3.05) is 13.1 Å². The zero-order valence-corrected chi connectivity index (χ0v) is 9.95. The van der Waals surface area contributed by atoms with Gasteiger partial charge in [-0.15, -0.1) is 11.6 Å². The Morgan fingerprint density at radius 2 is 2.07 bits per heavy atom. The maximum atomic E-state index is 6.29. The first-order valence-corrected chi connectivity index (χ1v) is 6.09. The topological polar surface area (TPSA) is 3.24 Å². The third-order valence-corrected chi connectivity index (χ3v) is 3.77. The molecule has 1 aromatic rings. The normalized spacial score (nSPS) is 27.9. The molecule has 1 fully saturated rings. The minimum atomic E-state index is 0.322. The molecule has 0 aromatic heterocycles. The van der Waals surface area contributed by atoms with E-state index in [2.05, 4.69) is 42.2 Å². The fourth-order valence-corrected chi connectivity index (χ4v) is 2.39. The average molecular weight is 224 g/mol. The maximum absolute atomic E-state index is 6.29. The lowest BCUT2D eigenvalue weighted by Gasteiger charge is -2.33. The molecule has 0 saturated carbocycles. The van der Waals surface area contributed by atoms with Crippen LogP contribution in [0.4, 0.5) is 0 Å². The third kappa shape index (κ3) is 2.96. The highest BCUT2D eigenvalue weighted by Gasteiger charge is 2.23. The van der Waals surface area contributed by atoms with E-state index >= 15 is 0 Å². The molecule has 1 aliphatic heterocycles. The first-order valence-electron chi connectivity index (χ1n) is 5.66. The molecule has 1 aromatic carbocycles. The van der Waals surface area contributed by atoms with Gasteiger partial charge in [-0.2, -0.15) is 0 Å². The zero-order valence-electron chi connectivity index (χ0n) is 9.20. The minimum Gasteiger partial charge on any atom is -0.298 e. The van der Waals surface area contributed by atoms with Crippen molar-refractivity contribution in [3.05, 3.63) is 35.9 Å². The Morgan fingerprint density at radius 3 is 2.73 bits per heavy atom. The molecule has 15 heavy (non-hydrogen) atoms. The molecule has 0 amide bonds. The lowest BCUT2D eigenvalue weighted by Crippen LogP contribution is -2.39. The van der Waals surface area contributed by atoms with Crippen molar-refractivity contribution in [2.24, 2.45) is 5.92 Å². The van der Waals surface area contributed by atoms with E-state index in [-0.39, 0.29) is 0 Å². The third-order valence-electron chi connectivity index (χ3n) is 3.20. The monoisotopic (exact) mass is 223 g/mol.